The van der Waals surface area contributed by atoms with Crippen molar-refractivity contribution in [2.24, 2.45) is 0 Å². The second kappa shape index (κ2) is 5.42. The van der Waals surface area contributed by atoms with Gasteiger partial charge < -0.3 is 0 Å². The van der Waals surface area contributed by atoms with E-state index in [9.17, 15) is 8.42 Å². The van der Waals surface area contributed by atoms with Crippen molar-refractivity contribution in [3.8, 4) is 0 Å². The SMILES string of the molecule is Cc1cc(S(=O)(=O)N(C)Cc2cccs2)sc1Br. The molecule has 0 aliphatic carbocycles. The van der Waals surface area contributed by atoms with Gasteiger partial charge in [-0.2, -0.15) is 4.31 Å². The minimum Gasteiger partial charge on any atom is -0.206 e. The number of sulfonamides is 1. The Hall–Kier alpha value is -0.210. The van der Waals surface area contributed by atoms with Gasteiger partial charge in [0.2, 0.25) is 0 Å². The molecule has 0 aliphatic rings. The van der Waals surface area contributed by atoms with E-state index in [0.717, 1.165) is 14.2 Å². The maximum Gasteiger partial charge on any atom is 0.252 e. The van der Waals surface area contributed by atoms with Crippen LogP contribution in [0.1, 0.15) is 10.4 Å². The first kappa shape index (κ1) is 14.2. The molecule has 18 heavy (non-hydrogen) atoms. The predicted molar refractivity (Wildman–Crippen MR) is 79.7 cm³/mol. The van der Waals surface area contributed by atoms with E-state index < -0.39 is 10.0 Å². The van der Waals surface area contributed by atoms with Gasteiger partial charge in [-0.05, 0) is 45.9 Å². The molecule has 0 aromatic carbocycles. The summed E-state index contributed by atoms with van der Waals surface area (Å²) in [5, 5.41) is 1.95. The fourth-order valence-corrected chi connectivity index (χ4v) is 5.84. The Labute approximate surface area is 123 Å². The average molecular weight is 366 g/mol. The third kappa shape index (κ3) is 2.85. The molecule has 7 heteroatoms. The van der Waals surface area contributed by atoms with E-state index in [1.807, 2.05) is 24.4 Å². The van der Waals surface area contributed by atoms with Gasteiger partial charge in [0.25, 0.3) is 10.0 Å². The van der Waals surface area contributed by atoms with E-state index in [1.54, 1.807) is 24.5 Å². The summed E-state index contributed by atoms with van der Waals surface area (Å²) in [5.41, 5.74) is 0.947. The summed E-state index contributed by atoms with van der Waals surface area (Å²) in [6, 6.07) is 5.56. The van der Waals surface area contributed by atoms with Crippen molar-refractivity contribution in [2.75, 3.05) is 7.05 Å². The molecular weight excluding hydrogens is 354 g/mol. The van der Waals surface area contributed by atoms with Crippen LogP contribution >= 0.6 is 38.6 Å². The minimum absolute atomic E-state index is 0.380. The molecular formula is C11H12BrNO2S3. The third-order valence-electron chi connectivity index (χ3n) is 2.46. The van der Waals surface area contributed by atoms with Crippen molar-refractivity contribution in [2.45, 2.75) is 17.7 Å². The monoisotopic (exact) mass is 365 g/mol. The summed E-state index contributed by atoms with van der Waals surface area (Å²) in [7, 11) is -1.78. The van der Waals surface area contributed by atoms with Crippen LogP contribution in [0, 0.1) is 6.92 Å². The Bertz CT molecular complexity index is 612. The molecule has 0 N–H and O–H groups in total. The summed E-state index contributed by atoms with van der Waals surface area (Å²) < 4.78 is 27.3. The lowest BCUT2D eigenvalue weighted by atomic mass is 10.4. The highest BCUT2D eigenvalue weighted by molar-refractivity contribution is 9.11. The fourth-order valence-electron chi connectivity index (χ4n) is 1.42. The molecule has 0 saturated carbocycles. The summed E-state index contributed by atoms with van der Waals surface area (Å²) in [6.07, 6.45) is 0. The molecule has 0 unspecified atom stereocenters. The first-order chi connectivity index (χ1) is 8.41. The first-order valence-corrected chi connectivity index (χ1v) is 9.09. The Balaban J connectivity index is 2.25. The van der Waals surface area contributed by atoms with E-state index in [2.05, 4.69) is 15.9 Å². The predicted octanol–water partition coefficient (Wildman–Crippen LogP) is 3.70. The van der Waals surface area contributed by atoms with Gasteiger partial charge in [-0.3, -0.25) is 0 Å². The van der Waals surface area contributed by atoms with Crippen LogP contribution in [0.3, 0.4) is 0 Å². The normalized spacial score (nSPS) is 12.2. The molecule has 0 saturated heterocycles. The van der Waals surface area contributed by atoms with E-state index in [-0.39, 0.29) is 0 Å². The lowest BCUT2D eigenvalue weighted by Gasteiger charge is -2.14. The topological polar surface area (TPSA) is 37.4 Å². The third-order valence-corrected chi connectivity index (χ3v) is 7.71. The van der Waals surface area contributed by atoms with E-state index >= 15 is 0 Å². The van der Waals surface area contributed by atoms with Crippen LogP contribution in [-0.2, 0) is 16.6 Å². The molecule has 0 radical (unpaired) electrons. The fraction of sp³-hybridized carbons (Fsp3) is 0.273. The number of rotatable bonds is 4. The highest BCUT2D eigenvalue weighted by Gasteiger charge is 2.24. The Morgan fingerprint density at radius 2 is 2.17 bits per heavy atom. The van der Waals surface area contributed by atoms with Crippen molar-refractivity contribution in [3.05, 3.63) is 37.8 Å². The summed E-state index contributed by atoms with van der Waals surface area (Å²) in [5.74, 6) is 0. The second-order valence-electron chi connectivity index (χ2n) is 3.86. The molecule has 0 atom stereocenters. The van der Waals surface area contributed by atoms with Crippen LogP contribution in [0.4, 0.5) is 0 Å². The molecule has 0 spiro atoms. The smallest absolute Gasteiger partial charge is 0.206 e. The molecule has 0 bridgehead atoms. The number of hydrogen-bond acceptors (Lipinski definition) is 4. The van der Waals surface area contributed by atoms with Gasteiger partial charge in [0, 0.05) is 18.5 Å². The van der Waals surface area contributed by atoms with Crippen LogP contribution in [0.15, 0.2) is 31.6 Å². The number of hydrogen-bond donors (Lipinski definition) is 0. The molecule has 0 aliphatic heterocycles. The van der Waals surface area contributed by atoms with Gasteiger partial charge in [-0.25, -0.2) is 8.42 Å². The van der Waals surface area contributed by atoms with Crippen molar-refractivity contribution in [1.82, 2.24) is 4.31 Å². The molecule has 0 amide bonds. The zero-order valence-electron chi connectivity index (χ0n) is 9.88. The van der Waals surface area contributed by atoms with Gasteiger partial charge >= 0.3 is 0 Å². The Kier molecular flexibility index (Phi) is 4.28. The van der Waals surface area contributed by atoms with E-state index in [1.165, 1.54) is 15.6 Å². The van der Waals surface area contributed by atoms with Crippen molar-refractivity contribution < 1.29 is 8.42 Å². The number of aryl methyl sites for hydroxylation is 1. The van der Waals surface area contributed by atoms with Gasteiger partial charge in [0.05, 0.1) is 3.79 Å². The Morgan fingerprint density at radius 1 is 1.44 bits per heavy atom. The van der Waals surface area contributed by atoms with Crippen LogP contribution in [0.5, 0.6) is 0 Å². The van der Waals surface area contributed by atoms with E-state index in [0.29, 0.717) is 10.8 Å². The Morgan fingerprint density at radius 3 is 2.67 bits per heavy atom. The maximum absolute atomic E-state index is 12.3. The lowest BCUT2D eigenvalue weighted by Crippen LogP contribution is -2.25. The molecule has 2 rings (SSSR count). The zero-order chi connectivity index (χ0) is 13.3. The molecule has 98 valence electrons. The van der Waals surface area contributed by atoms with Crippen LogP contribution in [0.2, 0.25) is 0 Å². The molecule has 0 fully saturated rings. The van der Waals surface area contributed by atoms with Gasteiger partial charge in [0.15, 0.2) is 0 Å². The molecule has 2 aromatic rings. The molecule has 2 heterocycles. The summed E-state index contributed by atoms with van der Waals surface area (Å²) in [4.78, 5) is 1.04. The van der Waals surface area contributed by atoms with Crippen molar-refractivity contribution in [3.63, 3.8) is 0 Å². The highest BCUT2D eigenvalue weighted by atomic mass is 79.9. The number of thiophene rings is 2. The van der Waals surface area contributed by atoms with Crippen LogP contribution in [0.25, 0.3) is 0 Å². The van der Waals surface area contributed by atoms with Crippen LogP contribution < -0.4 is 0 Å². The van der Waals surface area contributed by atoms with Gasteiger partial charge in [-0.1, -0.05) is 6.07 Å². The standard InChI is InChI=1S/C11H12BrNO2S3/c1-8-6-10(17-11(8)12)18(14,15)13(2)7-9-4-3-5-16-9/h3-6H,7H2,1-2H3. The second-order valence-corrected chi connectivity index (χ2v) is 9.54. The van der Waals surface area contributed by atoms with Crippen molar-refractivity contribution in [1.29, 1.82) is 0 Å². The summed E-state index contributed by atoms with van der Waals surface area (Å²) in [6.45, 7) is 2.30. The highest BCUT2D eigenvalue weighted by Crippen LogP contribution is 2.32. The lowest BCUT2D eigenvalue weighted by molar-refractivity contribution is 0.471. The summed E-state index contributed by atoms with van der Waals surface area (Å²) >= 11 is 6.17. The zero-order valence-corrected chi connectivity index (χ0v) is 13.9. The number of halogens is 1. The van der Waals surface area contributed by atoms with Crippen molar-refractivity contribution >= 4 is 48.6 Å². The van der Waals surface area contributed by atoms with Gasteiger partial charge in [-0.15, -0.1) is 22.7 Å². The number of nitrogens with zero attached hydrogens (tertiary/aromatic N) is 1. The van der Waals surface area contributed by atoms with Crippen LogP contribution in [-0.4, -0.2) is 19.8 Å². The van der Waals surface area contributed by atoms with E-state index in [4.69, 9.17) is 0 Å². The minimum atomic E-state index is -3.39. The van der Waals surface area contributed by atoms with Gasteiger partial charge in [0.1, 0.15) is 4.21 Å². The quantitative estimate of drug-likeness (QED) is 0.828. The molecule has 3 nitrogen and oxygen atoms in total. The molecule has 2 aromatic heterocycles. The average Bonchev–Trinajstić information content (AvgIpc) is 2.90. The first-order valence-electron chi connectivity index (χ1n) is 5.16. The largest absolute Gasteiger partial charge is 0.252 e. The maximum atomic E-state index is 12.3.